The predicted octanol–water partition coefficient (Wildman–Crippen LogP) is 3.37. The molecule has 2 nitrogen and oxygen atoms in total. The molecular weight excluding hydrogens is 196 g/mol. The minimum atomic E-state index is 0.420. The first-order valence-electron chi connectivity index (χ1n) is 5.74. The topological polar surface area (TPSA) is 25.8 Å². The predicted molar refractivity (Wildman–Crippen MR) is 65.4 cm³/mol. The average Bonchev–Trinajstić information content (AvgIpc) is 2.82. The van der Waals surface area contributed by atoms with Crippen molar-refractivity contribution in [1.82, 2.24) is 9.97 Å². The van der Waals surface area contributed by atoms with Crippen molar-refractivity contribution in [1.29, 1.82) is 0 Å². The van der Waals surface area contributed by atoms with Gasteiger partial charge in [-0.15, -0.1) is 0 Å². The summed E-state index contributed by atoms with van der Waals surface area (Å²) in [6, 6.07) is 8.21. The van der Waals surface area contributed by atoms with Crippen molar-refractivity contribution in [3.05, 3.63) is 47.9 Å². The summed E-state index contributed by atoms with van der Waals surface area (Å²) in [5.74, 6) is 1.40. The van der Waals surface area contributed by atoms with E-state index < -0.39 is 0 Å². The number of aryl methyl sites for hydroxylation is 1. The van der Waals surface area contributed by atoms with Crippen LogP contribution in [-0.4, -0.2) is 9.97 Å². The molecule has 0 bridgehead atoms. The monoisotopic (exact) mass is 210 g/mol. The fourth-order valence-corrected chi connectivity index (χ4v) is 2.27. The van der Waals surface area contributed by atoms with Crippen LogP contribution < -0.4 is 0 Å². The molecule has 0 saturated heterocycles. The van der Waals surface area contributed by atoms with Gasteiger partial charge >= 0.3 is 0 Å². The van der Waals surface area contributed by atoms with Crippen LogP contribution in [0.5, 0.6) is 0 Å². The van der Waals surface area contributed by atoms with Gasteiger partial charge in [-0.25, -0.2) is 9.97 Å². The lowest BCUT2D eigenvalue weighted by molar-refractivity contribution is 0.741. The molecule has 1 aliphatic carbocycles. The van der Waals surface area contributed by atoms with Crippen LogP contribution in [0.2, 0.25) is 0 Å². The first kappa shape index (κ1) is 9.52. The molecule has 80 valence electrons. The summed E-state index contributed by atoms with van der Waals surface area (Å²) in [5.41, 5.74) is 2.14. The van der Waals surface area contributed by atoms with E-state index in [1.54, 1.807) is 0 Å². The molecule has 1 aromatic carbocycles. The van der Waals surface area contributed by atoms with Crippen molar-refractivity contribution in [3.63, 3.8) is 0 Å². The Balaban J connectivity index is 2.17. The van der Waals surface area contributed by atoms with Crippen LogP contribution >= 0.6 is 0 Å². The fourth-order valence-electron chi connectivity index (χ4n) is 2.27. The molecule has 16 heavy (non-hydrogen) atoms. The second kappa shape index (κ2) is 3.71. The van der Waals surface area contributed by atoms with Gasteiger partial charge in [0.1, 0.15) is 5.82 Å². The van der Waals surface area contributed by atoms with Gasteiger partial charge in [0.15, 0.2) is 0 Å². The molecule has 2 aromatic rings. The number of rotatable bonds is 1. The lowest BCUT2D eigenvalue weighted by atomic mass is 10.1. The van der Waals surface area contributed by atoms with Crippen molar-refractivity contribution >= 4 is 10.9 Å². The Morgan fingerprint density at radius 3 is 2.88 bits per heavy atom. The lowest BCUT2D eigenvalue weighted by Gasteiger charge is -2.09. The van der Waals surface area contributed by atoms with Gasteiger partial charge in [-0.05, 0) is 25.8 Å². The maximum Gasteiger partial charge on any atom is 0.136 e. The molecule has 0 N–H and O–H groups in total. The van der Waals surface area contributed by atoms with Crippen LogP contribution in [0.15, 0.2) is 36.4 Å². The molecule has 0 spiro atoms. The van der Waals surface area contributed by atoms with E-state index >= 15 is 0 Å². The third-order valence-corrected chi connectivity index (χ3v) is 3.16. The highest BCUT2D eigenvalue weighted by Gasteiger charge is 2.15. The van der Waals surface area contributed by atoms with Crippen LogP contribution in [0.4, 0.5) is 0 Å². The van der Waals surface area contributed by atoms with Gasteiger partial charge < -0.3 is 0 Å². The van der Waals surface area contributed by atoms with E-state index in [2.05, 4.69) is 41.2 Å². The number of nitrogens with zero attached hydrogens (tertiary/aromatic N) is 2. The third-order valence-electron chi connectivity index (χ3n) is 3.16. The number of allylic oxidation sites excluding steroid dienone is 2. The summed E-state index contributed by atoms with van der Waals surface area (Å²) in [5, 5.41) is 1.16. The Morgan fingerprint density at radius 1 is 1.19 bits per heavy atom. The first-order chi connectivity index (χ1) is 7.84. The maximum atomic E-state index is 4.66. The van der Waals surface area contributed by atoms with E-state index in [1.165, 1.54) is 0 Å². The highest BCUT2D eigenvalue weighted by molar-refractivity contribution is 5.80. The standard InChI is InChI=1S/C14H14N2/c1-10-12-8-4-5-9-13(12)16-14(15-10)11-6-2-3-7-11/h2,4-6,8-9,11H,3,7H2,1H3. The lowest BCUT2D eigenvalue weighted by Crippen LogP contribution is -2.02. The van der Waals surface area contributed by atoms with E-state index in [0.29, 0.717) is 5.92 Å². The normalized spacial score (nSPS) is 19.4. The zero-order valence-corrected chi connectivity index (χ0v) is 9.35. The highest BCUT2D eigenvalue weighted by Crippen LogP contribution is 2.27. The second-order valence-electron chi connectivity index (χ2n) is 4.30. The molecule has 1 heterocycles. The molecule has 3 rings (SSSR count). The van der Waals surface area contributed by atoms with Crippen molar-refractivity contribution in [3.8, 4) is 0 Å². The molecule has 2 heteroatoms. The van der Waals surface area contributed by atoms with Crippen LogP contribution in [-0.2, 0) is 0 Å². The number of para-hydroxylation sites is 1. The van der Waals surface area contributed by atoms with Gasteiger partial charge in [-0.1, -0.05) is 30.4 Å². The van der Waals surface area contributed by atoms with Crippen molar-refractivity contribution in [2.45, 2.75) is 25.7 Å². The van der Waals surface area contributed by atoms with Crippen LogP contribution in [0.25, 0.3) is 10.9 Å². The average molecular weight is 210 g/mol. The molecule has 0 aliphatic heterocycles. The fraction of sp³-hybridized carbons (Fsp3) is 0.286. The molecule has 0 radical (unpaired) electrons. The molecule has 1 atom stereocenters. The van der Waals surface area contributed by atoms with E-state index in [1.807, 2.05) is 12.1 Å². The van der Waals surface area contributed by atoms with Gasteiger partial charge in [0.05, 0.1) is 5.52 Å². The molecule has 1 aliphatic rings. The first-order valence-corrected chi connectivity index (χ1v) is 5.74. The number of hydrogen-bond acceptors (Lipinski definition) is 2. The van der Waals surface area contributed by atoms with Crippen LogP contribution in [0.1, 0.15) is 30.3 Å². The SMILES string of the molecule is Cc1nc(C2C=CCC2)nc2ccccc12. The zero-order chi connectivity index (χ0) is 11.0. The van der Waals surface area contributed by atoms with E-state index in [0.717, 1.165) is 35.3 Å². The molecule has 0 fully saturated rings. The van der Waals surface area contributed by atoms with Crippen molar-refractivity contribution in [2.24, 2.45) is 0 Å². The van der Waals surface area contributed by atoms with Gasteiger partial charge in [0.25, 0.3) is 0 Å². The summed E-state index contributed by atoms with van der Waals surface area (Å²) in [4.78, 5) is 9.28. The summed E-state index contributed by atoms with van der Waals surface area (Å²) < 4.78 is 0. The minimum absolute atomic E-state index is 0.420. The van der Waals surface area contributed by atoms with Crippen molar-refractivity contribution in [2.75, 3.05) is 0 Å². The summed E-state index contributed by atoms with van der Waals surface area (Å²) in [7, 11) is 0. The smallest absolute Gasteiger partial charge is 0.136 e. The Labute approximate surface area is 95.0 Å². The Hall–Kier alpha value is -1.70. The van der Waals surface area contributed by atoms with Crippen LogP contribution in [0.3, 0.4) is 0 Å². The van der Waals surface area contributed by atoms with Crippen molar-refractivity contribution < 1.29 is 0 Å². The van der Waals surface area contributed by atoms with Gasteiger partial charge in [-0.2, -0.15) is 0 Å². The van der Waals surface area contributed by atoms with E-state index in [-0.39, 0.29) is 0 Å². The quantitative estimate of drug-likeness (QED) is 0.674. The van der Waals surface area contributed by atoms with E-state index in [4.69, 9.17) is 0 Å². The number of aromatic nitrogens is 2. The molecule has 0 saturated carbocycles. The van der Waals surface area contributed by atoms with Gasteiger partial charge in [0, 0.05) is 17.0 Å². The molecular formula is C14H14N2. The van der Waals surface area contributed by atoms with Gasteiger partial charge in [-0.3, -0.25) is 0 Å². The maximum absolute atomic E-state index is 4.66. The summed E-state index contributed by atoms with van der Waals surface area (Å²) in [6.45, 7) is 2.06. The highest BCUT2D eigenvalue weighted by atomic mass is 14.9. The summed E-state index contributed by atoms with van der Waals surface area (Å²) in [6.07, 6.45) is 6.75. The zero-order valence-electron chi connectivity index (χ0n) is 9.35. The number of hydrogen-bond donors (Lipinski definition) is 0. The molecule has 1 aromatic heterocycles. The summed E-state index contributed by atoms with van der Waals surface area (Å²) >= 11 is 0. The Kier molecular flexibility index (Phi) is 2.21. The largest absolute Gasteiger partial charge is 0.237 e. The third kappa shape index (κ3) is 1.51. The minimum Gasteiger partial charge on any atom is -0.237 e. The number of fused-ring (bicyclic) bond motifs is 1. The van der Waals surface area contributed by atoms with Gasteiger partial charge in [0.2, 0.25) is 0 Å². The Morgan fingerprint density at radius 2 is 2.06 bits per heavy atom. The molecule has 0 amide bonds. The Bertz CT molecular complexity index is 558. The van der Waals surface area contributed by atoms with Crippen LogP contribution in [0, 0.1) is 6.92 Å². The number of benzene rings is 1. The second-order valence-corrected chi connectivity index (χ2v) is 4.30. The molecule has 1 unspecified atom stereocenters. The van der Waals surface area contributed by atoms with E-state index in [9.17, 15) is 0 Å².